The van der Waals surface area contributed by atoms with Gasteiger partial charge in [0.05, 0.1) is 13.2 Å². The van der Waals surface area contributed by atoms with Gasteiger partial charge in [-0.3, -0.25) is 4.90 Å². The molecular weight excluding hydrogens is 150 g/mol. The van der Waals surface area contributed by atoms with E-state index in [4.69, 9.17) is 4.74 Å². The van der Waals surface area contributed by atoms with Crippen LogP contribution in [-0.2, 0) is 4.74 Å². The Balaban J connectivity index is 2.20. The Morgan fingerprint density at radius 2 is 2.25 bits per heavy atom. The molecule has 0 N–H and O–H groups in total. The van der Waals surface area contributed by atoms with E-state index in [1.54, 1.807) is 0 Å². The summed E-state index contributed by atoms with van der Waals surface area (Å²) in [5.41, 5.74) is 0. The van der Waals surface area contributed by atoms with Gasteiger partial charge < -0.3 is 4.74 Å². The number of morpholine rings is 1. The van der Waals surface area contributed by atoms with E-state index in [0.29, 0.717) is 6.04 Å². The van der Waals surface area contributed by atoms with Crippen LogP contribution in [0.2, 0.25) is 0 Å². The van der Waals surface area contributed by atoms with E-state index >= 15 is 0 Å². The Morgan fingerprint density at radius 1 is 1.50 bits per heavy atom. The second-order valence-electron chi connectivity index (χ2n) is 4.14. The monoisotopic (exact) mass is 171 g/mol. The van der Waals surface area contributed by atoms with Gasteiger partial charge in [-0.2, -0.15) is 0 Å². The highest BCUT2D eigenvalue weighted by Gasteiger charge is 2.17. The van der Waals surface area contributed by atoms with Crippen molar-refractivity contribution in [2.45, 2.75) is 33.2 Å². The normalized spacial score (nSPS) is 26.5. The molecule has 1 saturated heterocycles. The lowest BCUT2D eigenvalue weighted by molar-refractivity contribution is -0.00200. The van der Waals surface area contributed by atoms with Gasteiger partial charge in [-0.05, 0) is 25.8 Å². The molecule has 2 nitrogen and oxygen atoms in total. The third kappa shape index (κ3) is 3.11. The van der Waals surface area contributed by atoms with Gasteiger partial charge in [0, 0.05) is 12.6 Å². The molecule has 1 fully saturated rings. The fraction of sp³-hybridized carbons (Fsp3) is 1.00. The molecule has 2 heteroatoms. The third-order valence-corrected chi connectivity index (χ3v) is 2.50. The molecule has 0 saturated carbocycles. The minimum atomic E-state index is 0.623. The summed E-state index contributed by atoms with van der Waals surface area (Å²) in [6, 6.07) is 0.623. The van der Waals surface area contributed by atoms with Crippen molar-refractivity contribution in [2.75, 3.05) is 26.3 Å². The summed E-state index contributed by atoms with van der Waals surface area (Å²) in [7, 11) is 0. The topological polar surface area (TPSA) is 12.5 Å². The molecule has 1 atom stereocenters. The molecule has 0 amide bonds. The maximum atomic E-state index is 5.38. The highest BCUT2D eigenvalue weighted by molar-refractivity contribution is 4.70. The first-order valence-electron chi connectivity index (χ1n) is 5.02. The second kappa shape index (κ2) is 4.83. The largest absolute Gasteiger partial charge is 0.379 e. The first-order valence-corrected chi connectivity index (χ1v) is 5.02. The lowest BCUT2D eigenvalue weighted by Crippen LogP contribution is -2.44. The van der Waals surface area contributed by atoms with Crippen LogP contribution in [0.5, 0.6) is 0 Å². The third-order valence-electron chi connectivity index (χ3n) is 2.50. The van der Waals surface area contributed by atoms with Crippen molar-refractivity contribution in [1.29, 1.82) is 0 Å². The minimum Gasteiger partial charge on any atom is -0.379 e. The van der Waals surface area contributed by atoms with Gasteiger partial charge in [0.1, 0.15) is 0 Å². The highest BCUT2D eigenvalue weighted by Crippen LogP contribution is 2.09. The van der Waals surface area contributed by atoms with Crippen LogP contribution < -0.4 is 0 Å². The standard InChI is InChI=1S/C10H21NO/c1-9(2)4-5-11-6-7-12-8-10(11)3/h9-10H,4-8H2,1-3H3/t10-/m0/s1. The average Bonchev–Trinajstić information content (AvgIpc) is 2.03. The number of nitrogens with zero attached hydrogens (tertiary/aromatic N) is 1. The van der Waals surface area contributed by atoms with Gasteiger partial charge in [0.15, 0.2) is 0 Å². The number of hydrogen-bond acceptors (Lipinski definition) is 2. The first kappa shape index (κ1) is 10.0. The quantitative estimate of drug-likeness (QED) is 0.641. The summed E-state index contributed by atoms with van der Waals surface area (Å²) < 4.78 is 5.38. The van der Waals surface area contributed by atoms with E-state index in [9.17, 15) is 0 Å². The van der Waals surface area contributed by atoms with Crippen molar-refractivity contribution in [3.05, 3.63) is 0 Å². The number of ether oxygens (including phenoxy) is 1. The molecule has 0 radical (unpaired) electrons. The summed E-state index contributed by atoms with van der Waals surface area (Å²) in [5.74, 6) is 0.819. The molecule has 1 rings (SSSR count). The van der Waals surface area contributed by atoms with Crippen LogP contribution in [0.25, 0.3) is 0 Å². The van der Waals surface area contributed by atoms with Crippen molar-refractivity contribution in [1.82, 2.24) is 4.90 Å². The molecular formula is C10H21NO. The predicted molar refractivity (Wildman–Crippen MR) is 51.3 cm³/mol. The van der Waals surface area contributed by atoms with Crippen LogP contribution in [0.4, 0.5) is 0 Å². The van der Waals surface area contributed by atoms with Crippen molar-refractivity contribution < 1.29 is 4.74 Å². The number of rotatable bonds is 3. The lowest BCUT2D eigenvalue weighted by atomic mass is 10.1. The first-order chi connectivity index (χ1) is 5.70. The molecule has 0 aliphatic carbocycles. The fourth-order valence-electron chi connectivity index (χ4n) is 1.52. The second-order valence-corrected chi connectivity index (χ2v) is 4.14. The maximum absolute atomic E-state index is 5.38. The maximum Gasteiger partial charge on any atom is 0.0619 e. The molecule has 1 aliphatic rings. The van der Waals surface area contributed by atoms with Crippen LogP contribution in [0.15, 0.2) is 0 Å². The zero-order valence-electron chi connectivity index (χ0n) is 8.55. The van der Waals surface area contributed by atoms with Crippen LogP contribution in [0, 0.1) is 5.92 Å². The molecule has 0 aromatic heterocycles. The summed E-state index contributed by atoms with van der Waals surface area (Å²) >= 11 is 0. The zero-order chi connectivity index (χ0) is 8.97. The summed E-state index contributed by atoms with van der Waals surface area (Å²) in [6.45, 7) is 11.0. The van der Waals surface area contributed by atoms with Gasteiger partial charge in [-0.1, -0.05) is 13.8 Å². The summed E-state index contributed by atoms with van der Waals surface area (Å²) in [4.78, 5) is 2.53. The Morgan fingerprint density at radius 3 is 2.83 bits per heavy atom. The minimum absolute atomic E-state index is 0.623. The molecule has 0 aromatic carbocycles. The van der Waals surface area contributed by atoms with E-state index < -0.39 is 0 Å². The van der Waals surface area contributed by atoms with Crippen molar-refractivity contribution in [3.63, 3.8) is 0 Å². The molecule has 0 aromatic rings. The molecule has 0 bridgehead atoms. The smallest absolute Gasteiger partial charge is 0.0619 e. The lowest BCUT2D eigenvalue weighted by Gasteiger charge is -2.33. The Kier molecular flexibility index (Phi) is 4.02. The fourth-order valence-corrected chi connectivity index (χ4v) is 1.52. The van der Waals surface area contributed by atoms with Gasteiger partial charge in [0.25, 0.3) is 0 Å². The van der Waals surface area contributed by atoms with Crippen molar-refractivity contribution in [2.24, 2.45) is 5.92 Å². The van der Waals surface area contributed by atoms with Crippen molar-refractivity contribution in [3.8, 4) is 0 Å². The molecule has 72 valence electrons. The highest BCUT2D eigenvalue weighted by atomic mass is 16.5. The summed E-state index contributed by atoms with van der Waals surface area (Å²) in [5, 5.41) is 0. The van der Waals surface area contributed by atoms with E-state index in [0.717, 1.165) is 25.7 Å². The van der Waals surface area contributed by atoms with Gasteiger partial charge in [-0.15, -0.1) is 0 Å². The SMILES string of the molecule is CC(C)CCN1CCOC[C@@H]1C. The zero-order valence-corrected chi connectivity index (χ0v) is 8.55. The van der Waals surface area contributed by atoms with Crippen LogP contribution >= 0.6 is 0 Å². The molecule has 1 aliphatic heterocycles. The molecule has 0 unspecified atom stereocenters. The average molecular weight is 171 g/mol. The van der Waals surface area contributed by atoms with Crippen LogP contribution in [0.3, 0.4) is 0 Å². The van der Waals surface area contributed by atoms with E-state index in [-0.39, 0.29) is 0 Å². The molecule has 0 spiro atoms. The van der Waals surface area contributed by atoms with Gasteiger partial charge in [-0.25, -0.2) is 0 Å². The summed E-state index contributed by atoms with van der Waals surface area (Å²) in [6.07, 6.45) is 1.31. The Hall–Kier alpha value is -0.0800. The number of hydrogen-bond donors (Lipinski definition) is 0. The van der Waals surface area contributed by atoms with Gasteiger partial charge >= 0.3 is 0 Å². The predicted octanol–water partition coefficient (Wildman–Crippen LogP) is 1.75. The van der Waals surface area contributed by atoms with Crippen LogP contribution in [0.1, 0.15) is 27.2 Å². The Labute approximate surface area is 75.9 Å². The van der Waals surface area contributed by atoms with E-state index in [2.05, 4.69) is 25.7 Å². The van der Waals surface area contributed by atoms with E-state index in [1.807, 2.05) is 0 Å². The van der Waals surface area contributed by atoms with E-state index in [1.165, 1.54) is 13.0 Å². The van der Waals surface area contributed by atoms with Crippen LogP contribution in [-0.4, -0.2) is 37.2 Å². The Bertz CT molecular complexity index is 125. The molecule has 1 heterocycles. The molecule has 12 heavy (non-hydrogen) atoms. The van der Waals surface area contributed by atoms with Crippen molar-refractivity contribution >= 4 is 0 Å². The van der Waals surface area contributed by atoms with Gasteiger partial charge in [0.2, 0.25) is 0 Å².